The Morgan fingerprint density at radius 2 is 2.04 bits per heavy atom. The average Bonchev–Trinajstić information content (AvgIpc) is 3.26. The predicted molar refractivity (Wildman–Crippen MR) is 105 cm³/mol. The third-order valence-corrected chi connectivity index (χ3v) is 6.25. The number of amides is 2. The van der Waals surface area contributed by atoms with Crippen molar-refractivity contribution in [3.63, 3.8) is 0 Å². The summed E-state index contributed by atoms with van der Waals surface area (Å²) in [5.41, 5.74) is 1.50. The van der Waals surface area contributed by atoms with Crippen LogP contribution < -0.4 is 10.2 Å². The van der Waals surface area contributed by atoms with Crippen molar-refractivity contribution >= 4 is 46.0 Å². The van der Waals surface area contributed by atoms with Gasteiger partial charge in [0.15, 0.2) is 5.12 Å². The summed E-state index contributed by atoms with van der Waals surface area (Å²) < 4.78 is 0. The highest BCUT2D eigenvalue weighted by Gasteiger charge is 2.34. The fraction of sp³-hybridized carbons (Fsp3) is 0.526. The fourth-order valence-corrected chi connectivity index (χ4v) is 4.67. The first kappa shape index (κ1) is 19.2. The van der Waals surface area contributed by atoms with E-state index < -0.39 is 0 Å². The summed E-state index contributed by atoms with van der Waals surface area (Å²) >= 11 is 7.31. The second-order valence-corrected chi connectivity index (χ2v) is 8.50. The Kier molecular flexibility index (Phi) is 6.24. The Labute approximate surface area is 162 Å². The Bertz CT molecular complexity index is 719. The maximum atomic E-state index is 13.1. The molecule has 1 aliphatic heterocycles. The maximum absolute atomic E-state index is 13.1. The highest BCUT2D eigenvalue weighted by atomic mass is 35.5. The molecule has 0 spiro atoms. The molecule has 1 aliphatic carbocycles. The first-order valence-corrected chi connectivity index (χ1v) is 10.3. The molecule has 1 aromatic carbocycles. The average molecular weight is 395 g/mol. The number of hydrogen-bond acceptors (Lipinski definition) is 4. The van der Waals surface area contributed by atoms with E-state index in [1.807, 2.05) is 13.0 Å². The van der Waals surface area contributed by atoms with Crippen LogP contribution in [0.5, 0.6) is 0 Å². The van der Waals surface area contributed by atoms with Gasteiger partial charge in [0, 0.05) is 28.9 Å². The van der Waals surface area contributed by atoms with Crippen molar-refractivity contribution in [2.75, 3.05) is 17.2 Å². The Hall–Kier alpha value is -1.53. The van der Waals surface area contributed by atoms with E-state index in [1.165, 1.54) is 16.7 Å². The lowest BCUT2D eigenvalue weighted by Crippen LogP contribution is -2.46. The van der Waals surface area contributed by atoms with Crippen molar-refractivity contribution in [1.82, 2.24) is 5.32 Å². The van der Waals surface area contributed by atoms with Gasteiger partial charge in [0.25, 0.3) is 0 Å². The number of benzene rings is 1. The lowest BCUT2D eigenvalue weighted by Gasteiger charge is -2.27. The minimum atomic E-state index is -0.384. The molecule has 0 unspecified atom stereocenters. The normalized spacial score (nSPS) is 20.4. The van der Waals surface area contributed by atoms with Crippen LogP contribution >= 0.6 is 23.4 Å². The maximum Gasteiger partial charge on any atom is 0.240 e. The number of halogens is 1. The molecule has 1 saturated heterocycles. The van der Waals surface area contributed by atoms with Crippen molar-refractivity contribution < 1.29 is 14.4 Å². The largest absolute Gasteiger partial charge is 0.352 e. The second-order valence-electron chi connectivity index (χ2n) is 6.99. The van der Waals surface area contributed by atoms with Crippen LogP contribution in [0.4, 0.5) is 5.69 Å². The lowest BCUT2D eigenvalue weighted by atomic mass is 10.1. The zero-order chi connectivity index (χ0) is 18.7. The zero-order valence-electron chi connectivity index (χ0n) is 14.8. The van der Waals surface area contributed by atoms with Crippen LogP contribution in [0.3, 0.4) is 0 Å². The molecule has 0 bridgehead atoms. The molecular formula is C19H23ClN2O3S. The van der Waals surface area contributed by atoms with Gasteiger partial charge in [-0.3, -0.25) is 14.4 Å². The Balaban J connectivity index is 1.80. The molecule has 140 valence electrons. The molecule has 1 aromatic rings. The van der Waals surface area contributed by atoms with E-state index in [4.69, 9.17) is 11.6 Å². The van der Waals surface area contributed by atoms with Crippen LogP contribution in [0.1, 0.15) is 37.7 Å². The van der Waals surface area contributed by atoms with Crippen LogP contribution in [-0.2, 0) is 14.4 Å². The van der Waals surface area contributed by atoms with E-state index in [-0.39, 0.29) is 41.9 Å². The molecule has 3 rings (SSSR count). The summed E-state index contributed by atoms with van der Waals surface area (Å²) in [6.07, 6.45) is 4.46. The van der Waals surface area contributed by atoms with Gasteiger partial charge in [0.2, 0.25) is 11.8 Å². The first-order valence-electron chi connectivity index (χ1n) is 8.96. The quantitative estimate of drug-likeness (QED) is 0.831. The molecule has 2 fully saturated rings. The van der Waals surface area contributed by atoms with Gasteiger partial charge < -0.3 is 10.2 Å². The molecule has 26 heavy (non-hydrogen) atoms. The minimum absolute atomic E-state index is 0.0292. The third-order valence-electron chi connectivity index (χ3n) is 4.96. The molecule has 5 nitrogen and oxygen atoms in total. The fourth-order valence-electron chi connectivity index (χ4n) is 3.53. The highest BCUT2D eigenvalue weighted by molar-refractivity contribution is 8.14. The van der Waals surface area contributed by atoms with Crippen molar-refractivity contribution in [2.45, 2.75) is 45.1 Å². The lowest BCUT2D eigenvalue weighted by molar-refractivity contribution is -0.126. The van der Waals surface area contributed by atoms with Crippen LogP contribution in [0.25, 0.3) is 0 Å². The van der Waals surface area contributed by atoms with Gasteiger partial charge in [-0.15, -0.1) is 0 Å². The molecule has 0 aromatic heterocycles. The zero-order valence-corrected chi connectivity index (χ0v) is 16.4. The molecule has 1 atom stereocenters. The summed E-state index contributed by atoms with van der Waals surface area (Å²) in [7, 11) is 0. The predicted octanol–water partition coefficient (Wildman–Crippen LogP) is 3.32. The van der Waals surface area contributed by atoms with Gasteiger partial charge in [-0.2, -0.15) is 0 Å². The molecule has 1 saturated carbocycles. The topological polar surface area (TPSA) is 66.5 Å². The van der Waals surface area contributed by atoms with Gasteiger partial charge in [0.05, 0.1) is 5.92 Å². The second kappa shape index (κ2) is 8.44. The molecule has 2 amide bonds. The van der Waals surface area contributed by atoms with Crippen LogP contribution in [0.2, 0.25) is 5.02 Å². The molecular weight excluding hydrogens is 372 g/mol. The number of carbonyl (C=O) groups excluding carboxylic acids is 3. The summed E-state index contributed by atoms with van der Waals surface area (Å²) in [5, 5.41) is 3.57. The number of aryl methyl sites for hydroxylation is 1. The number of carbonyl (C=O) groups is 3. The monoisotopic (exact) mass is 394 g/mol. The van der Waals surface area contributed by atoms with E-state index in [0.29, 0.717) is 16.5 Å². The van der Waals surface area contributed by atoms with Gasteiger partial charge in [-0.05, 0) is 37.5 Å². The number of nitrogens with zero attached hydrogens (tertiary/aromatic N) is 1. The molecule has 1 N–H and O–H groups in total. The van der Waals surface area contributed by atoms with Crippen LogP contribution in [-0.4, -0.2) is 35.3 Å². The standard InChI is InChI=1S/C19H23ClN2O3S/c1-12-6-7-14(20)9-16(12)22(19(25)13-8-18(24)26-11-13)10-17(23)21-15-4-2-3-5-15/h6-7,9,13,15H,2-5,8,10-11H2,1H3,(H,21,23)/t13-/m0/s1. The van der Waals surface area contributed by atoms with Crippen molar-refractivity contribution in [1.29, 1.82) is 0 Å². The van der Waals surface area contributed by atoms with Crippen LogP contribution in [0.15, 0.2) is 18.2 Å². The van der Waals surface area contributed by atoms with Crippen molar-refractivity contribution in [3.8, 4) is 0 Å². The Morgan fingerprint density at radius 1 is 1.31 bits per heavy atom. The number of nitrogens with one attached hydrogen (secondary N) is 1. The highest BCUT2D eigenvalue weighted by Crippen LogP contribution is 2.31. The van der Waals surface area contributed by atoms with E-state index in [1.54, 1.807) is 12.1 Å². The summed E-state index contributed by atoms with van der Waals surface area (Å²) in [4.78, 5) is 38.7. The molecule has 1 heterocycles. The molecule has 0 radical (unpaired) electrons. The van der Waals surface area contributed by atoms with Gasteiger partial charge in [0.1, 0.15) is 6.54 Å². The van der Waals surface area contributed by atoms with Gasteiger partial charge in [-0.25, -0.2) is 0 Å². The molecule has 2 aliphatic rings. The van der Waals surface area contributed by atoms with E-state index in [2.05, 4.69) is 5.32 Å². The van der Waals surface area contributed by atoms with Gasteiger partial charge >= 0.3 is 0 Å². The SMILES string of the molecule is Cc1ccc(Cl)cc1N(CC(=O)NC1CCCC1)C(=O)[C@@H]1CSC(=O)C1. The minimum Gasteiger partial charge on any atom is -0.352 e. The van der Waals surface area contributed by atoms with E-state index in [9.17, 15) is 14.4 Å². The number of thioether (sulfide) groups is 1. The van der Waals surface area contributed by atoms with Crippen LogP contribution in [0, 0.1) is 12.8 Å². The number of anilines is 1. The van der Waals surface area contributed by atoms with Crippen molar-refractivity contribution in [2.24, 2.45) is 5.92 Å². The summed E-state index contributed by atoms with van der Waals surface area (Å²) in [5.74, 6) is -0.264. The third kappa shape index (κ3) is 4.60. The smallest absolute Gasteiger partial charge is 0.240 e. The van der Waals surface area contributed by atoms with E-state index in [0.717, 1.165) is 31.2 Å². The van der Waals surface area contributed by atoms with Gasteiger partial charge in [-0.1, -0.05) is 42.3 Å². The van der Waals surface area contributed by atoms with Crippen molar-refractivity contribution in [3.05, 3.63) is 28.8 Å². The number of hydrogen-bond donors (Lipinski definition) is 1. The number of rotatable bonds is 5. The van der Waals surface area contributed by atoms with E-state index >= 15 is 0 Å². The first-order chi connectivity index (χ1) is 12.4. The summed E-state index contributed by atoms with van der Waals surface area (Å²) in [6.45, 7) is 1.83. The molecule has 7 heteroatoms. The summed E-state index contributed by atoms with van der Waals surface area (Å²) in [6, 6.07) is 5.50. The Morgan fingerprint density at radius 3 is 2.69 bits per heavy atom.